The summed E-state index contributed by atoms with van der Waals surface area (Å²) in [6.07, 6.45) is 7.36. The molecule has 1 saturated carbocycles. The van der Waals surface area contributed by atoms with Crippen LogP contribution >= 0.6 is 0 Å². The molecular formula is C10H17NO. The minimum Gasteiger partial charge on any atom is -0.303 e. The molecule has 2 nitrogen and oxygen atoms in total. The van der Waals surface area contributed by atoms with Gasteiger partial charge >= 0.3 is 0 Å². The van der Waals surface area contributed by atoms with Gasteiger partial charge in [0.2, 0.25) is 0 Å². The van der Waals surface area contributed by atoms with Crippen molar-refractivity contribution < 1.29 is 4.79 Å². The van der Waals surface area contributed by atoms with E-state index in [2.05, 4.69) is 4.90 Å². The first-order valence-electron chi connectivity index (χ1n) is 5.09. The van der Waals surface area contributed by atoms with E-state index in [1.54, 1.807) is 0 Å². The number of hydrogen-bond acceptors (Lipinski definition) is 2. The van der Waals surface area contributed by atoms with Crippen LogP contribution in [-0.4, -0.2) is 30.3 Å². The van der Waals surface area contributed by atoms with Crippen molar-refractivity contribution in [1.29, 1.82) is 0 Å². The summed E-state index contributed by atoms with van der Waals surface area (Å²) in [6.45, 7) is 2.55. The summed E-state index contributed by atoms with van der Waals surface area (Å²) in [6, 6.07) is 0.739. The average molecular weight is 167 g/mol. The highest BCUT2D eigenvalue weighted by molar-refractivity contribution is 5.53. The van der Waals surface area contributed by atoms with E-state index in [1.165, 1.54) is 32.4 Å². The lowest BCUT2D eigenvalue weighted by Crippen LogP contribution is -2.47. The van der Waals surface area contributed by atoms with E-state index in [-0.39, 0.29) is 0 Å². The second kappa shape index (κ2) is 3.56. The summed E-state index contributed by atoms with van der Waals surface area (Å²) in [5.41, 5.74) is 0. The Balaban J connectivity index is 1.84. The molecule has 2 rings (SSSR count). The predicted molar refractivity (Wildman–Crippen MR) is 48.0 cm³/mol. The smallest absolute Gasteiger partial charge is 0.123 e. The Hall–Kier alpha value is -0.370. The van der Waals surface area contributed by atoms with Gasteiger partial charge in [-0.15, -0.1) is 0 Å². The average Bonchev–Trinajstić information content (AvgIpc) is 2.02. The molecule has 2 atom stereocenters. The molecule has 1 heterocycles. The van der Waals surface area contributed by atoms with Crippen LogP contribution in [0, 0.1) is 5.92 Å². The molecule has 0 amide bonds. The second-order valence-electron chi connectivity index (χ2n) is 4.11. The van der Waals surface area contributed by atoms with Crippen molar-refractivity contribution in [3.05, 3.63) is 0 Å². The van der Waals surface area contributed by atoms with E-state index in [9.17, 15) is 4.79 Å². The van der Waals surface area contributed by atoms with Crippen LogP contribution < -0.4 is 0 Å². The molecule has 2 heteroatoms. The van der Waals surface area contributed by atoms with Gasteiger partial charge < -0.3 is 9.69 Å². The fourth-order valence-corrected chi connectivity index (χ4v) is 2.36. The minimum atomic E-state index is 0.365. The van der Waals surface area contributed by atoms with Crippen molar-refractivity contribution >= 4 is 6.29 Å². The first-order chi connectivity index (χ1) is 5.90. The van der Waals surface area contributed by atoms with Crippen molar-refractivity contribution in [1.82, 2.24) is 4.90 Å². The molecule has 2 aliphatic rings. The van der Waals surface area contributed by atoms with Gasteiger partial charge in [0.1, 0.15) is 6.29 Å². The molecule has 0 aromatic heterocycles. The lowest BCUT2D eigenvalue weighted by atomic mass is 9.85. The summed E-state index contributed by atoms with van der Waals surface area (Å²) in [7, 11) is 0. The zero-order valence-corrected chi connectivity index (χ0v) is 7.54. The fourth-order valence-electron chi connectivity index (χ4n) is 2.36. The normalized spacial score (nSPS) is 37.3. The molecule has 0 spiro atoms. The standard InChI is InChI=1S/C10H17NO/c12-8-9-3-1-4-10(7-9)11-5-2-6-11/h8-10H,1-7H2/t9-,10+/m1/s1. The highest BCUT2D eigenvalue weighted by atomic mass is 16.1. The third-order valence-corrected chi connectivity index (χ3v) is 3.29. The van der Waals surface area contributed by atoms with Crippen LogP contribution in [0.15, 0.2) is 0 Å². The number of aldehydes is 1. The molecule has 0 N–H and O–H groups in total. The van der Waals surface area contributed by atoms with Crippen LogP contribution in [0.1, 0.15) is 32.1 Å². The van der Waals surface area contributed by atoms with Crippen LogP contribution in [0.4, 0.5) is 0 Å². The van der Waals surface area contributed by atoms with Gasteiger partial charge in [-0.05, 0) is 38.8 Å². The molecule has 12 heavy (non-hydrogen) atoms. The van der Waals surface area contributed by atoms with Crippen LogP contribution in [0.5, 0.6) is 0 Å². The SMILES string of the molecule is O=C[C@@H]1CCC[C@H](N2CCC2)C1. The molecule has 0 unspecified atom stereocenters. The highest BCUT2D eigenvalue weighted by Gasteiger charge is 2.29. The second-order valence-corrected chi connectivity index (χ2v) is 4.11. The number of hydrogen-bond donors (Lipinski definition) is 0. The van der Waals surface area contributed by atoms with Gasteiger partial charge in [-0.3, -0.25) is 0 Å². The Morgan fingerprint density at radius 2 is 2.00 bits per heavy atom. The predicted octanol–water partition coefficient (Wildman–Crippen LogP) is 1.45. The van der Waals surface area contributed by atoms with E-state index in [4.69, 9.17) is 0 Å². The summed E-state index contributed by atoms with van der Waals surface area (Å²) < 4.78 is 0. The van der Waals surface area contributed by atoms with Crippen molar-refractivity contribution in [2.75, 3.05) is 13.1 Å². The van der Waals surface area contributed by atoms with Gasteiger partial charge in [-0.2, -0.15) is 0 Å². The first-order valence-corrected chi connectivity index (χ1v) is 5.09. The van der Waals surface area contributed by atoms with E-state index >= 15 is 0 Å². The Morgan fingerprint density at radius 1 is 1.17 bits per heavy atom. The molecule has 0 bridgehead atoms. The summed E-state index contributed by atoms with van der Waals surface area (Å²) in [5, 5.41) is 0. The first kappa shape index (κ1) is 8.24. The maximum atomic E-state index is 10.6. The van der Waals surface area contributed by atoms with Gasteiger partial charge in [0.25, 0.3) is 0 Å². The highest BCUT2D eigenvalue weighted by Crippen LogP contribution is 2.28. The number of likely N-dealkylation sites (tertiary alicyclic amines) is 1. The van der Waals surface area contributed by atoms with Gasteiger partial charge in [0.15, 0.2) is 0 Å². The summed E-state index contributed by atoms with van der Waals surface area (Å²) in [5.74, 6) is 0.365. The largest absolute Gasteiger partial charge is 0.303 e. The summed E-state index contributed by atoms with van der Waals surface area (Å²) in [4.78, 5) is 13.2. The van der Waals surface area contributed by atoms with Gasteiger partial charge in [0, 0.05) is 12.0 Å². The van der Waals surface area contributed by atoms with E-state index < -0.39 is 0 Å². The van der Waals surface area contributed by atoms with Crippen molar-refractivity contribution in [3.8, 4) is 0 Å². The third-order valence-electron chi connectivity index (χ3n) is 3.29. The maximum absolute atomic E-state index is 10.6. The molecule has 0 aromatic carbocycles. The zero-order valence-electron chi connectivity index (χ0n) is 7.54. The van der Waals surface area contributed by atoms with Gasteiger partial charge in [-0.1, -0.05) is 6.42 Å². The lowest BCUT2D eigenvalue weighted by Gasteiger charge is -2.41. The molecule has 1 aliphatic heterocycles. The number of carbonyl (C=O) groups excluding carboxylic acids is 1. The molecular weight excluding hydrogens is 150 g/mol. The van der Waals surface area contributed by atoms with Crippen molar-refractivity contribution in [2.45, 2.75) is 38.1 Å². The molecule has 0 aromatic rings. The number of nitrogens with zero attached hydrogens (tertiary/aromatic N) is 1. The third kappa shape index (κ3) is 1.53. The Bertz CT molecular complexity index is 165. The van der Waals surface area contributed by atoms with Crippen LogP contribution in [-0.2, 0) is 4.79 Å². The number of carbonyl (C=O) groups is 1. The monoisotopic (exact) mass is 167 g/mol. The number of rotatable bonds is 2. The topological polar surface area (TPSA) is 20.3 Å². The van der Waals surface area contributed by atoms with E-state index in [0.29, 0.717) is 5.92 Å². The molecule has 1 saturated heterocycles. The lowest BCUT2D eigenvalue weighted by molar-refractivity contribution is -0.112. The van der Waals surface area contributed by atoms with Crippen molar-refractivity contribution in [3.63, 3.8) is 0 Å². The fraction of sp³-hybridized carbons (Fsp3) is 0.900. The molecule has 1 aliphatic carbocycles. The van der Waals surface area contributed by atoms with Gasteiger partial charge in [-0.25, -0.2) is 0 Å². The van der Waals surface area contributed by atoms with Crippen LogP contribution in [0.3, 0.4) is 0 Å². The van der Waals surface area contributed by atoms with Gasteiger partial charge in [0.05, 0.1) is 0 Å². The summed E-state index contributed by atoms with van der Waals surface area (Å²) >= 11 is 0. The maximum Gasteiger partial charge on any atom is 0.123 e. The minimum absolute atomic E-state index is 0.365. The van der Waals surface area contributed by atoms with Crippen LogP contribution in [0.2, 0.25) is 0 Å². The zero-order chi connectivity index (χ0) is 8.39. The molecule has 68 valence electrons. The van der Waals surface area contributed by atoms with Crippen molar-refractivity contribution in [2.24, 2.45) is 5.92 Å². The Morgan fingerprint density at radius 3 is 2.58 bits per heavy atom. The van der Waals surface area contributed by atoms with Crippen LogP contribution in [0.25, 0.3) is 0 Å². The Kier molecular flexibility index (Phi) is 2.45. The Labute approximate surface area is 73.9 Å². The quantitative estimate of drug-likeness (QED) is 0.580. The van der Waals surface area contributed by atoms with E-state index in [0.717, 1.165) is 25.2 Å². The van der Waals surface area contributed by atoms with E-state index in [1.807, 2.05) is 0 Å². The molecule has 2 fully saturated rings. The molecule has 0 radical (unpaired) electrons.